The second-order valence-electron chi connectivity index (χ2n) is 6.93. The highest BCUT2D eigenvalue weighted by atomic mass is 16.5. The molecule has 1 aliphatic rings. The molecular formula is C24H30N4O2. The summed E-state index contributed by atoms with van der Waals surface area (Å²) >= 11 is 0. The predicted octanol–water partition coefficient (Wildman–Crippen LogP) is 4.46. The van der Waals surface area contributed by atoms with E-state index < -0.39 is 0 Å². The first-order valence-electron chi connectivity index (χ1n) is 10.5. The van der Waals surface area contributed by atoms with Crippen molar-refractivity contribution < 1.29 is 4.74 Å². The van der Waals surface area contributed by atoms with Crippen LogP contribution in [0.3, 0.4) is 0 Å². The van der Waals surface area contributed by atoms with Gasteiger partial charge in [-0.3, -0.25) is 14.9 Å². The van der Waals surface area contributed by atoms with E-state index in [0.717, 1.165) is 42.2 Å². The van der Waals surface area contributed by atoms with Crippen LogP contribution in [0.1, 0.15) is 39.0 Å². The van der Waals surface area contributed by atoms with E-state index in [0.29, 0.717) is 5.39 Å². The molecular weight excluding hydrogens is 376 g/mol. The number of ether oxygens (including phenoxy) is 1. The number of aromatic nitrogens is 3. The summed E-state index contributed by atoms with van der Waals surface area (Å²) in [6.45, 7) is 10.5. The number of allylic oxidation sites excluding steroid dienone is 1. The molecule has 1 saturated heterocycles. The third kappa shape index (κ3) is 4.54. The van der Waals surface area contributed by atoms with Crippen molar-refractivity contribution in [2.75, 3.05) is 19.7 Å². The third-order valence-electron chi connectivity index (χ3n) is 4.87. The van der Waals surface area contributed by atoms with Crippen LogP contribution >= 0.6 is 0 Å². The lowest BCUT2D eigenvalue weighted by molar-refractivity contribution is -0.00102. The third-order valence-corrected chi connectivity index (χ3v) is 4.87. The van der Waals surface area contributed by atoms with E-state index in [-0.39, 0.29) is 11.7 Å². The van der Waals surface area contributed by atoms with E-state index in [2.05, 4.69) is 28.1 Å². The normalized spacial score (nSPS) is 16.9. The summed E-state index contributed by atoms with van der Waals surface area (Å²) in [5, 5.41) is 3.86. The molecule has 1 aliphatic heterocycles. The Labute approximate surface area is 177 Å². The van der Waals surface area contributed by atoms with Crippen LogP contribution in [0.25, 0.3) is 28.7 Å². The van der Waals surface area contributed by atoms with E-state index >= 15 is 0 Å². The van der Waals surface area contributed by atoms with Crippen LogP contribution in [-0.4, -0.2) is 45.5 Å². The molecule has 4 rings (SSSR count). The van der Waals surface area contributed by atoms with Crippen LogP contribution < -0.4 is 5.56 Å². The van der Waals surface area contributed by atoms with Crippen molar-refractivity contribution in [1.29, 1.82) is 0 Å². The maximum atomic E-state index is 12.9. The van der Waals surface area contributed by atoms with Gasteiger partial charge < -0.3 is 9.64 Å². The number of pyridine rings is 1. The molecule has 0 radical (unpaired) electrons. The molecule has 0 saturated carbocycles. The van der Waals surface area contributed by atoms with Crippen LogP contribution in [0.2, 0.25) is 0 Å². The maximum Gasteiger partial charge on any atom is 0.280 e. The molecule has 6 nitrogen and oxygen atoms in total. The molecule has 3 aromatic rings. The molecule has 0 aliphatic carbocycles. The van der Waals surface area contributed by atoms with Gasteiger partial charge in [-0.05, 0) is 44.3 Å². The SMILES string of the molecule is C/C=C\c1ncc2c(=O)n(-c3ccccc3)[nH]c2c1/C=C/N1CCOC(C)C1.CC. The molecule has 0 bridgehead atoms. The lowest BCUT2D eigenvalue weighted by Crippen LogP contribution is -2.37. The van der Waals surface area contributed by atoms with Gasteiger partial charge in [0.1, 0.15) is 0 Å². The topological polar surface area (TPSA) is 63.2 Å². The fourth-order valence-electron chi connectivity index (χ4n) is 3.49. The van der Waals surface area contributed by atoms with Crippen LogP contribution in [-0.2, 0) is 4.74 Å². The standard InChI is InChI=1S/C22H24N4O2.C2H6/c1-3-7-20-18(10-11-25-12-13-28-16(2)15-25)21-19(14-23-20)22(27)26(24-21)17-8-5-4-6-9-17;1-2/h3-11,14,16,24H,12-13,15H2,1-2H3;1-2H3/b7-3-,11-10+;. The van der Waals surface area contributed by atoms with Crippen molar-refractivity contribution in [1.82, 2.24) is 19.7 Å². The van der Waals surface area contributed by atoms with Gasteiger partial charge in [-0.2, -0.15) is 0 Å². The first-order chi connectivity index (χ1) is 14.7. The number of benzene rings is 1. The maximum absolute atomic E-state index is 12.9. The molecule has 1 fully saturated rings. The molecule has 0 amide bonds. The van der Waals surface area contributed by atoms with Gasteiger partial charge in [-0.15, -0.1) is 0 Å². The summed E-state index contributed by atoms with van der Waals surface area (Å²) in [5.74, 6) is 0. The summed E-state index contributed by atoms with van der Waals surface area (Å²) in [5.41, 5.74) is 3.22. The zero-order chi connectivity index (χ0) is 21.5. The molecule has 158 valence electrons. The zero-order valence-electron chi connectivity index (χ0n) is 18.1. The van der Waals surface area contributed by atoms with Crippen molar-refractivity contribution in [3.63, 3.8) is 0 Å². The molecule has 0 spiro atoms. The highest BCUT2D eigenvalue weighted by Crippen LogP contribution is 2.21. The van der Waals surface area contributed by atoms with Crippen molar-refractivity contribution in [2.24, 2.45) is 0 Å². The lowest BCUT2D eigenvalue weighted by atomic mass is 10.1. The summed E-state index contributed by atoms with van der Waals surface area (Å²) < 4.78 is 7.18. The Balaban J connectivity index is 0.00000124. The largest absolute Gasteiger partial charge is 0.375 e. The number of aromatic amines is 1. The summed E-state index contributed by atoms with van der Waals surface area (Å²) in [6.07, 6.45) is 9.88. The fourth-order valence-corrected chi connectivity index (χ4v) is 3.49. The number of hydrogen-bond donors (Lipinski definition) is 1. The monoisotopic (exact) mass is 406 g/mol. The number of H-pyrrole nitrogens is 1. The molecule has 6 heteroatoms. The summed E-state index contributed by atoms with van der Waals surface area (Å²) in [4.78, 5) is 19.7. The summed E-state index contributed by atoms with van der Waals surface area (Å²) in [6, 6.07) is 9.57. The molecule has 30 heavy (non-hydrogen) atoms. The number of para-hydroxylation sites is 1. The van der Waals surface area contributed by atoms with Crippen molar-refractivity contribution in [3.05, 3.63) is 70.4 Å². The zero-order valence-corrected chi connectivity index (χ0v) is 18.1. The number of nitrogens with zero attached hydrogens (tertiary/aromatic N) is 3. The average Bonchev–Trinajstić information content (AvgIpc) is 3.12. The van der Waals surface area contributed by atoms with Gasteiger partial charge in [0.2, 0.25) is 0 Å². The van der Waals surface area contributed by atoms with Gasteiger partial charge in [0.15, 0.2) is 0 Å². The van der Waals surface area contributed by atoms with Gasteiger partial charge in [-0.1, -0.05) is 38.1 Å². The van der Waals surface area contributed by atoms with Crippen LogP contribution in [0.15, 0.2) is 53.6 Å². The van der Waals surface area contributed by atoms with Crippen LogP contribution in [0, 0.1) is 0 Å². The van der Waals surface area contributed by atoms with Gasteiger partial charge in [-0.25, -0.2) is 4.68 Å². The van der Waals surface area contributed by atoms with Crippen molar-refractivity contribution in [3.8, 4) is 5.69 Å². The molecule has 3 heterocycles. The Morgan fingerprint density at radius 2 is 1.97 bits per heavy atom. The van der Waals surface area contributed by atoms with Crippen LogP contribution in [0.4, 0.5) is 0 Å². The van der Waals surface area contributed by atoms with E-state index in [1.54, 1.807) is 10.9 Å². The van der Waals surface area contributed by atoms with Gasteiger partial charge in [0, 0.05) is 24.8 Å². The minimum atomic E-state index is -0.102. The fraction of sp³-hybridized carbons (Fsp3) is 0.333. The second-order valence-corrected chi connectivity index (χ2v) is 6.93. The average molecular weight is 407 g/mol. The Bertz CT molecular complexity index is 1080. The number of nitrogens with one attached hydrogen (secondary N) is 1. The number of fused-ring (bicyclic) bond motifs is 1. The molecule has 1 atom stereocenters. The Kier molecular flexibility index (Phi) is 7.25. The number of morpholine rings is 1. The van der Waals surface area contributed by atoms with Crippen molar-refractivity contribution >= 4 is 23.1 Å². The Hall–Kier alpha value is -3.12. The first-order valence-corrected chi connectivity index (χ1v) is 10.5. The quantitative estimate of drug-likeness (QED) is 0.695. The van der Waals surface area contributed by atoms with E-state index in [1.165, 1.54) is 0 Å². The first kappa shape index (κ1) is 21.6. The molecule has 1 N–H and O–H groups in total. The van der Waals surface area contributed by atoms with E-state index in [9.17, 15) is 4.79 Å². The number of hydrogen-bond acceptors (Lipinski definition) is 4. The number of rotatable bonds is 4. The molecule has 2 aromatic heterocycles. The lowest BCUT2D eigenvalue weighted by Gasteiger charge is -2.30. The molecule has 1 unspecified atom stereocenters. The summed E-state index contributed by atoms with van der Waals surface area (Å²) in [7, 11) is 0. The minimum absolute atomic E-state index is 0.102. The van der Waals surface area contributed by atoms with Crippen LogP contribution in [0.5, 0.6) is 0 Å². The van der Waals surface area contributed by atoms with Crippen molar-refractivity contribution in [2.45, 2.75) is 33.8 Å². The van der Waals surface area contributed by atoms with E-state index in [4.69, 9.17) is 4.74 Å². The highest BCUT2D eigenvalue weighted by Gasteiger charge is 2.16. The van der Waals surface area contributed by atoms with E-state index in [1.807, 2.05) is 69.3 Å². The van der Waals surface area contributed by atoms with Gasteiger partial charge in [0.25, 0.3) is 5.56 Å². The minimum Gasteiger partial charge on any atom is -0.375 e. The Morgan fingerprint density at radius 1 is 1.20 bits per heavy atom. The van der Waals surface area contributed by atoms with Gasteiger partial charge >= 0.3 is 0 Å². The predicted molar refractivity (Wildman–Crippen MR) is 124 cm³/mol. The Morgan fingerprint density at radius 3 is 2.67 bits per heavy atom. The van der Waals surface area contributed by atoms with Gasteiger partial charge in [0.05, 0.1) is 35.0 Å². The smallest absolute Gasteiger partial charge is 0.280 e. The highest BCUT2D eigenvalue weighted by molar-refractivity contribution is 5.89. The second kappa shape index (κ2) is 10.1. The molecule has 1 aromatic carbocycles.